The van der Waals surface area contributed by atoms with Crippen LogP contribution in [-0.4, -0.2) is 17.3 Å². The minimum atomic E-state index is -4.47. The zero-order valence-corrected chi connectivity index (χ0v) is 11.0. The summed E-state index contributed by atoms with van der Waals surface area (Å²) in [6.07, 6.45) is -1.41. The molecule has 6 heteroatoms. The fourth-order valence-electron chi connectivity index (χ4n) is 2.37. The van der Waals surface area contributed by atoms with Crippen LogP contribution in [0.25, 0.3) is 0 Å². The van der Waals surface area contributed by atoms with Gasteiger partial charge in [0.15, 0.2) is 0 Å². The summed E-state index contributed by atoms with van der Waals surface area (Å²) < 4.78 is 38.6. The molecule has 0 unspecified atom stereocenters. The molecule has 0 spiro atoms. The van der Waals surface area contributed by atoms with E-state index in [2.05, 4.69) is 5.32 Å². The number of hydrogen-bond acceptors (Lipinski definition) is 2. The summed E-state index contributed by atoms with van der Waals surface area (Å²) in [5.41, 5.74) is -1.75. The molecular formula is C13H15ClF3NO. The van der Waals surface area contributed by atoms with Crippen LogP contribution in [-0.2, 0) is 6.18 Å². The predicted octanol–water partition coefficient (Wildman–Crippen LogP) is 4.08. The van der Waals surface area contributed by atoms with Gasteiger partial charge in [-0.2, -0.15) is 13.2 Å². The van der Waals surface area contributed by atoms with Gasteiger partial charge in [0.05, 0.1) is 11.2 Å². The van der Waals surface area contributed by atoms with E-state index in [1.165, 1.54) is 12.1 Å². The van der Waals surface area contributed by atoms with Crippen LogP contribution in [0.4, 0.5) is 18.9 Å². The normalized spacial score (nSPS) is 18.6. The van der Waals surface area contributed by atoms with Gasteiger partial charge in [-0.25, -0.2) is 0 Å². The van der Waals surface area contributed by atoms with E-state index in [0.29, 0.717) is 12.8 Å². The molecule has 2 N–H and O–H groups in total. The van der Waals surface area contributed by atoms with Gasteiger partial charge >= 0.3 is 6.18 Å². The van der Waals surface area contributed by atoms with Crippen LogP contribution in [0.5, 0.6) is 0 Å². The first kappa shape index (κ1) is 14.5. The Kier molecular flexibility index (Phi) is 3.97. The molecular weight excluding hydrogens is 279 g/mol. The Morgan fingerprint density at radius 1 is 1.26 bits per heavy atom. The van der Waals surface area contributed by atoms with E-state index in [1.54, 1.807) is 0 Å². The molecule has 0 amide bonds. The smallest absolute Gasteiger partial charge is 0.388 e. The highest BCUT2D eigenvalue weighted by Crippen LogP contribution is 2.37. The molecule has 0 bridgehead atoms. The lowest BCUT2D eigenvalue weighted by Gasteiger charge is -2.24. The van der Waals surface area contributed by atoms with Crippen molar-refractivity contribution in [2.24, 2.45) is 0 Å². The van der Waals surface area contributed by atoms with Crippen LogP contribution in [0.1, 0.15) is 31.2 Å². The molecule has 0 heterocycles. The van der Waals surface area contributed by atoms with Crippen molar-refractivity contribution in [1.82, 2.24) is 0 Å². The number of nitrogens with one attached hydrogen (secondary N) is 1. The van der Waals surface area contributed by atoms with E-state index in [4.69, 9.17) is 11.6 Å². The molecule has 1 aliphatic carbocycles. The third-order valence-corrected chi connectivity index (χ3v) is 3.66. The Hall–Kier alpha value is -0.940. The monoisotopic (exact) mass is 293 g/mol. The van der Waals surface area contributed by atoms with Crippen molar-refractivity contribution in [3.05, 3.63) is 28.8 Å². The molecule has 0 aromatic heterocycles. The Bertz CT molecular complexity index is 456. The molecule has 1 saturated carbocycles. The van der Waals surface area contributed by atoms with Crippen molar-refractivity contribution >= 4 is 17.3 Å². The number of alkyl halides is 3. The summed E-state index contributed by atoms with van der Waals surface area (Å²) in [4.78, 5) is 0. The zero-order valence-electron chi connectivity index (χ0n) is 10.2. The maximum atomic E-state index is 12.9. The molecule has 1 aromatic carbocycles. The SMILES string of the molecule is OC1(CNc2ccc(Cl)cc2C(F)(F)F)CCCC1. The minimum Gasteiger partial charge on any atom is -0.388 e. The second kappa shape index (κ2) is 5.21. The highest BCUT2D eigenvalue weighted by molar-refractivity contribution is 6.30. The standard InChI is InChI=1S/C13H15ClF3NO/c14-9-3-4-11(10(7-9)13(15,16)17)18-8-12(19)5-1-2-6-12/h3-4,7,18-19H,1-2,5-6,8H2. The molecule has 0 atom stereocenters. The summed E-state index contributed by atoms with van der Waals surface area (Å²) in [6.45, 7) is 0.123. The van der Waals surface area contributed by atoms with Crippen molar-refractivity contribution in [1.29, 1.82) is 0 Å². The van der Waals surface area contributed by atoms with Gasteiger partial charge in [-0.3, -0.25) is 0 Å². The highest BCUT2D eigenvalue weighted by Gasteiger charge is 2.35. The fraction of sp³-hybridized carbons (Fsp3) is 0.538. The summed E-state index contributed by atoms with van der Waals surface area (Å²) in [5, 5.41) is 12.9. The van der Waals surface area contributed by atoms with Gasteiger partial charge in [-0.05, 0) is 31.0 Å². The van der Waals surface area contributed by atoms with Crippen LogP contribution in [0.15, 0.2) is 18.2 Å². The van der Waals surface area contributed by atoms with Crippen LogP contribution < -0.4 is 5.32 Å². The van der Waals surface area contributed by atoms with Crippen molar-refractivity contribution in [3.8, 4) is 0 Å². The molecule has 1 aliphatic rings. The molecule has 106 valence electrons. The van der Waals surface area contributed by atoms with Gasteiger partial charge in [0, 0.05) is 17.3 Å². The van der Waals surface area contributed by atoms with Gasteiger partial charge in [-0.1, -0.05) is 24.4 Å². The number of aliphatic hydroxyl groups is 1. The van der Waals surface area contributed by atoms with Crippen LogP contribution in [0.3, 0.4) is 0 Å². The van der Waals surface area contributed by atoms with Crippen molar-refractivity contribution in [2.75, 3.05) is 11.9 Å². The molecule has 1 aromatic rings. The Balaban J connectivity index is 2.16. The minimum absolute atomic E-state index is 0.0393. The lowest BCUT2D eigenvalue weighted by Crippen LogP contribution is -2.34. The molecule has 0 saturated heterocycles. The van der Waals surface area contributed by atoms with E-state index in [0.717, 1.165) is 18.9 Å². The maximum Gasteiger partial charge on any atom is 0.418 e. The quantitative estimate of drug-likeness (QED) is 0.880. The summed E-state index contributed by atoms with van der Waals surface area (Å²) in [7, 11) is 0. The van der Waals surface area contributed by atoms with Crippen molar-refractivity contribution in [3.63, 3.8) is 0 Å². The Morgan fingerprint density at radius 2 is 1.89 bits per heavy atom. The van der Waals surface area contributed by atoms with E-state index < -0.39 is 17.3 Å². The molecule has 0 radical (unpaired) electrons. The largest absolute Gasteiger partial charge is 0.418 e. The van der Waals surface area contributed by atoms with Gasteiger partial charge in [0.2, 0.25) is 0 Å². The first-order valence-electron chi connectivity index (χ1n) is 6.13. The zero-order chi connectivity index (χ0) is 14.1. The van der Waals surface area contributed by atoms with Gasteiger partial charge in [0.1, 0.15) is 0 Å². The fourth-order valence-corrected chi connectivity index (χ4v) is 2.55. The number of anilines is 1. The maximum absolute atomic E-state index is 12.9. The second-order valence-corrected chi connectivity index (χ2v) is 5.41. The summed E-state index contributed by atoms with van der Waals surface area (Å²) >= 11 is 5.60. The number of halogens is 4. The molecule has 1 fully saturated rings. The van der Waals surface area contributed by atoms with E-state index in [-0.39, 0.29) is 17.3 Å². The number of benzene rings is 1. The number of hydrogen-bond donors (Lipinski definition) is 2. The summed E-state index contributed by atoms with van der Waals surface area (Å²) in [5.74, 6) is 0. The third-order valence-electron chi connectivity index (χ3n) is 3.43. The van der Waals surface area contributed by atoms with Crippen LogP contribution in [0, 0.1) is 0 Å². The summed E-state index contributed by atoms with van der Waals surface area (Å²) in [6, 6.07) is 3.59. The molecule has 19 heavy (non-hydrogen) atoms. The molecule has 2 nitrogen and oxygen atoms in total. The Morgan fingerprint density at radius 3 is 2.47 bits per heavy atom. The first-order chi connectivity index (χ1) is 8.80. The third kappa shape index (κ3) is 3.54. The van der Waals surface area contributed by atoms with Crippen LogP contribution >= 0.6 is 11.6 Å². The highest BCUT2D eigenvalue weighted by atomic mass is 35.5. The second-order valence-electron chi connectivity index (χ2n) is 4.97. The van der Waals surface area contributed by atoms with Gasteiger partial charge in [0.25, 0.3) is 0 Å². The van der Waals surface area contributed by atoms with E-state index in [1.807, 2.05) is 0 Å². The molecule has 2 rings (SSSR count). The van der Waals surface area contributed by atoms with E-state index in [9.17, 15) is 18.3 Å². The first-order valence-corrected chi connectivity index (χ1v) is 6.51. The molecule has 0 aliphatic heterocycles. The van der Waals surface area contributed by atoms with Gasteiger partial charge in [-0.15, -0.1) is 0 Å². The van der Waals surface area contributed by atoms with Crippen LogP contribution in [0.2, 0.25) is 5.02 Å². The van der Waals surface area contributed by atoms with Crippen molar-refractivity contribution < 1.29 is 18.3 Å². The Labute approximate surface area is 114 Å². The van der Waals surface area contributed by atoms with Crippen molar-refractivity contribution in [2.45, 2.75) is 37.5 Å². The number of rotatable bonds is 3. The van der Waals surface area contributed by atoms with E-state index >= 15 is 0 Å². The van der Waals surface area contributed by atoms with Gasteiger partial charge < -0.3 is 10.4 Å². The topological polar surface area (TPSA) is 32.3 Å². The lowest BCUT2D eigenvalue weighted by atomic mass is 10.0. The average Bonchev–Trinajstić information content (AvgIpc) is 2.74. The lowest BCUT2D eigenvalue weighted by molar-refractivity contribution is -0.137. The average molecular weight is 294 g/mol. The predicted molar refractivity (Wildman–Crippen MR) is 68.4 cm³/mol.